The molecule has 0 heterocycles. The highest BCUT2D eigenvalue weighted by Gasteiger charge is 2.20. The number of carbonyl (C=O) groups is 1. The number of carbonyl (C=O) groups excluding carboxylic acids is 1. The van der Waals surface area contributed by atoms with E-state index in [1.807, 2.05) is 37.3 Å². The summed E-state index contributed by atoms with van der Waals surface area (Å²) in [6.07, 6.45) is 0. The summed E-state index contributed by atoms with van der Waals surface area (Å²) in [6.45, 7) is 1.87. The van der Waals surface area contributed by atoms with E-state index < -0.39 is 10.0 Å². The maximum Gasteiger partial charge on any atom is 0.261 e. The fourth-order valence-corrected chi connectivity index (χ4v) is 4.69. The molecule has 0 radical (unpaired) electrons. The van der Waals surface area contributed by atoms with Crippen molar-refractivity contribution >= 4 is 37.5 Å². The van der Waals surface area contributed by atoms with E-state index in [-0.39, 0.29) is 28.1 Å². The molecule has 1 amide bonds. The molecule has 3 aromatic carbocycles. The zero-order chi connectivity index (χ0) is 21.7. The lowest BCUT2D eigenvalue weighted by Crippen LogP contribution is -2.28. The summed E-state index contributed by atoms with van der Waals surface area (Å²) in [5.41, 5.74) is 1.38. The van der Waals surface area contributed by atoms with E-state index in [2.05, 4.69) is 26.0 Å². The number of halogens is 1. The van der Waals surface area contributed by atoms with Crippen molar-refractivity contribution in [1.82, 2.24) is 5.32 Å². The van der Waals surface area contributed by atoms with Crippen LogP contribution in [0.1, 0.15) is 28.9 Å². The molecule has 0 unspecified atom stereocenters. The standard InChI is InChI=1S/C22H21BrN2O4S/c1-15(16-8-4-3-5-9-16)24-22(26)18-10-6-7-11-20(18)25-30(27,28)17-12-13-21(29-2)19(23)14-17/h3-15,25H,1-2H3,(H,24,26)/t15-/m1/s1. The summed E-state index contributed by atoms with van der Waals surface area (Å²) in [7, 11) is -2.42. The van der Waals surface area contributed by atoms with Gasteiger partial charge in [0.1, 0.15) is 5.75 Å². The Morgan fingerprint density at radius 1 is 1.00 bits per heavy atom. The van der Waals surface area contributed by atoms with Crippen LogP contribution >= 0.6 is 15.9 Å². The van der Waals surface area contributed by atoms with E-state index in [0.29, 0.717) is 10.2 Å². The summed E-state index contributed by atoms with van der Waals surface area (Å²) in [5, 5.41) is 2.90. The fraction of sp³-hybridized carbons (Fsp3) is 0.136. The van der Waals surface area contributed by atoms with Crippen molar-refractivity contribution in [2.24, 2.45) is 0 Å². The number of anilines is 1. The van der Waals surface area contributed by atoms with Crippen molar-refractivity contribution in [3.63, 3.8) is 0 Å². The van der Waals surface area contributed by atoms with Crippen LogP contribution < -0.4 is 14.8 Å². The number of hydrogen-bond acceptors (Lipinski definition) is 4. The minimum Gasteiger partial charge on any atom is -0.496 e. The highest BCUT2D eigenvalue weighted by molar-refractivity contribution is 9.10. The van der Waals surface area contributed by atoms with Crippen LogP contribution in [0.4, 0.5) is 5.69 Å². The number of sulfonamides is 1. The lowest BCUT2D eigenvalue weighted by atomic mass is 10.1. The zero-order valence-corrected chi connectivity index (χ0v) is 18.8. The predicted octanol–water partition coefficient (Wildman–Crippen LogP) is 4.75. The van der Waals surface area contributed by atoms with E-state index >= 15 is 0 Å². The second kappa shape index (κ2) is 9.32. The van der Waals surface area contributed by atoms with Crippen LogP contribution in [0.5, 0.6) is 5.75 Å². The second-order valence-electron chi connectivity index (χ2n) is 6.55. The molecule has 0 aliphatic carbocycles. The summed E-state index contributed by atoms with van der Waals surface area (Å²) >= 11 is 3.29. The maximum absolute atomic E-state index is 12.9. The molecule has 0 saturated carbocycles. The Bertz CT molecular complexity index is 1150. The molecule has 1 atom stereocenters. The first-order chi connectivity index (χ1) is 14.3. The highest BCUT2D eigenvalue weighted by Crippen LogP contribution is 2.29. The molecule has 156 valence electrons. The van der Waals surface area contributed by atoms with Crippen molar-refractivity contribution in [3.8, 4) is 5.75 Å². The normalized spacial score (nSPS) is 12.1. The molecule has 3 aromatic rings. The van der Waals surface area contributed by atoms with Gasteiger partial charge in [-0.3, -0.25) is 9.52 Å². The van der Waals surface area contributed by atoms with Gasteiger partial charge in [-0.1, -0.05) is 42.5 Å². The molecule has 0 aliphatic rings. The van der Waals surface area contributed by atoms with Gasteiger partial charge in [0.2, 0.25) is 0 Å². The monoisotopic (exact) mass is 488 g/mol. The topological polar surface area (TPSA) is 84.5 Å². The van der Waals surface area contributed by atoms with Crippen molar-refractivity contribution in [2.45, 2.75) is 17.9 Å². The molecule has 30 heavy (non-hydrogen) atoms. The van der Waals surface area contributed by atoms with Crippen LogP contribution in [0.2, 0.25) is 0 Å². The van der Waals surface area contributed by atoms with Gasteiger partial charge < -0.3 is 10.1 Å². The maximum atomic E-state index is 12.9. The molecule has 2 N–H and O–H groups in total. The second-order valence-corrected chi connectivity index (χ2v) is 9.09. The predicted molar refractivity (Wildman–Crippen MR) is 120 cm³/mol. The van der Waals surface area contributed by atoms with E-state index in [1.165, 1.54) is 19.2 Å². The Hall–Kier alpha value is -2.84. The first-order valence-corrected chi connectivity index (χ1v) is 11.4. The van der Waals surface area contributed by atoms with Gasteiger partial charge in [-0.15, -0.1) is 0 Å². The van der Waals surface area contributed by atoms with E-state index in [9.17, 15) is 13.2 Å². The Morgan fingerprint density at radius 2 is 1.67 bits per heavy atom. The number of amides is 1. The van der Waals surface area contributed by atoms with Crippen LogP contribution in [0.25, 0.3) is 0 Å². The third-order valence-corrected chi connectivity index (χ3v) is 6.48. The van der Waals surface area contributed by atoms with Crippen molar-refractivity contribution in [1.29, 1.82) is 0 Å². The number of benzene rings is 3. The molecule has 0 bridgehead atoms. The molecular weight excluding hydrogens is 468 g/mol. The van der Waals surface area contributed by atoms with Gasteiger partial charge in [0.05, 0.1) is 33.8 Å². The quantitative estimate of drug-likeness (QED) is 0.502. The molecule has 0 aliphatic heterocycles. The molecule has 8 heteroatoms. The first kappa shape index (κ1) is 21.9. The van der Waals surface area contributed by atoms with E-state index in [4.69, 9.17) is 4.74 Å². The van der Waals surface area contributed by atoms with Crippen LogP contribution in [0.3, 0.4) is 0 Å². The van der Waals surface area contributed by atoms with Crippen LogP contribution in [-0.2, 0) is 10.0 Å². The molecule has 0 aromatic heterocycles. The van der Waals surface area contributed by atoms with Gasteiger partial charge >= 0.3 is 0 Å². The van der Waals surface area contributed by atoms with Crippen LogP contribution in [0.15, 0.2) is 82.2 Å². The number of methoxy groups -OCH3 is 1. The van der Waals surface area contributed by atoms with Gasteiger partial charge in [0.15, 0.2) is 0 Å². The van der Waals surface area contributed by atoms with Gasteiger partial charge in [0.25, 0.3) is 15.9 Å². The van der Waals surface area contributed by atoms with Gasteiger partial charge in [-0.05, 0) is 58.7 Å². The molecule has 0 fully saturated rings. The largest absolute Gasteiger partial charge is 0.496 e. The Balaban J connectivity index is 1.84. The van der Waals surface area contributed by atoms with Gasteiger partial charge in [-0.25, -0.2) is 8.42 Å². The minimum absolute atomic E-state index is 0.0445. The molecular formula is C22H21BrN2O4S. The average molecular weight is 489 g/mol. The number of ether oxygens (including phenoxy) is 1. The molecule has 3 rings (SSSR count). The number of para-hydroxylation sites is 1. The number of hydrogen-bond donors (Lipinski definition) is 2. The lowest BCUT2D eigenvalue weighted by molar-refractivity contribution is 0.0941. The number of rotatable bonds is 7. The molecule has 0 saturated heterocycles. The first-order valence-electron chi connectivity index (χ1n) is 9.13. The summed E-state index contributed by atoms with van der Waals surface area (Å²) in [4.78, 5) is 12.9. The van der Waals surface area contributed by atoms with E-state index in [1.54, 1.807) is 30.3 Å². The number of nitrogens with one attached hydrogen (secondary N) is 2. The Morgan fingerprint density at radius 3 is 2.33 bits per heavy atom. The molecule has 0 spiro atoms. The third kappa shape index (κ3) is 5.01. The zero-order valence-electron chi connectivity index (χ0n) is 16.4. The summed E-state index contributed by atoms with van der Waals surface area (Å²) in [5.74, 6) is 0.143. The van der Waals surface area contributed by atoms with E-state index in [0.717, 1.165) is 5.56 Å². The fourth-order valence-electron chi connectivity index (χ4n) is 2.89. The van der Waals surface area contributed by atoms with Crippen LogP contribution in [0, 0.1) is 0 Å². The van der Waals surface area contributed by atoms with Crippen molar-refractivity contribution < 1.29 is 17.9 Å². The van der Waals surface area contributed by atoms with Gasteiger partial charge in [-0.2, -0.15) is 0 Å². The Labute approximate surface area is 184 Å². The van der Waals surface area contributed by atoms with Crippen molar-refractivity contribution in [2.75, 3.05) is 11.8 Å². The Kier molecular flexibility index (Phi) is 6.79. The summed E-state index contributed by atoms with van der Waals surface area (Å²) in [6, 6.07) is 20.2. The summed E-state index contributed by atoms with van der Waals surface area (Å²) < 4.78 is 33.9. The lowest BCUT2D eigenvalue weighted by Gasteiger charge is -2.17. The minimum atomic E-state index is -3.91. The molecule has 6 nitrogen and oxygen atoms in total. The highest BCUT2D eigenvalue weighted by atomic mass is 79.9. The SMILES string of the molecule is COc1ccc(S(=O)(=O)Nc2ccccc2C(=O)N[C@H](C)c2ccccc2)cc1Br. The third-order valence-electron chi connectivity index (χ3n) is 4.50. The smallest absolute Gasteiger partial charge is 0.261 e. The average Bonchev–Trinajstić information content (AvgIpc) is 2.74. The van der Waals surface area contributed by atoms with Crippen molar-refractivity contribution in [3.05, 3.63) is 88.4 Å². The van der Waals surface area contributed by atoms with Gasteiger partial charge in [0, 0.05) is 0 Å². The van der Waals surface area contributed by atoms with Crippen LogP contribution in [-0.4, -0.2) is 21.4 Å².